The molecule has 0 N–H and O–H groups in total. The van der Waals surface area contributed by atoms with Gasteiger partial charge in [-0.05, 0) is 24.6 Å². The van der Waals surface area contributed by atoms with Crippen LogP contribution >= 0.6 is 0 Å². The number of nitro groups is 1. The van der Waals surface area contributed by atoms with Crippen molar-refractivity contribution in [1.29, 1.82) is 0 Å². The Hall–Kier alpha value is -4.05. The largest absolute Gasteiger partial charge is 0.461 e. The molecule has 0 aliphatic carbocycles. The first-order valence-corrected chi connectivity index (χ1v) is 11.7. The van der Waals surface area contributed by atoms with E-state index in [9.17, 15) is 23.3 Å². The molecule has 0 saturated carbocycles. The Labute approximate surface area is 189 Å². The van der Waals surface area contributed by atoms with E-state index in [-0.39, 0.29) is 28.1 Å². The van der Waals surface area contributed by atoms with Gasteiger partial charge in [-0.15, -0.1) is 0 Å². The van der Waals surface area contributed by atoms with Crippen LogP contribution in [0.1, 0.15) is 23.0 Å². The fourth-order valence-electron chi connectivity index (χ4n) is 3.53. The number of ether oxygens (including phenoxy) is 1. The number of rotatable bonds is 7. The van der Waals surface area contributed by atoms with Gasteiger partial charge in [0, 0.05) is 12.1 Å². The van der Waals surface area contributed by atoms with Crippen LogP contribution in [0, 0.1) is 10.1 Å². The number of non-ortho nitro benzene ring substituents is 1. The van der Waals surface area contributed by atoms with E-state index in [4.69, 9.17) is 4.74 Å². The Morgan fingerprint density at radius 2 is 1.70 bits per heavy atom. The van der Waals surface area contributed by atoms with Crippen LogP contribution < -0.4 is 0 Å². The highest BCUT2D eigenvalue weighted by Gasteiger charge is 2.30. The Bertz CT molecular complexity index is 1450. The first-order chi connectivity index (χ1) is 15.8. The molecule has 0 fully saturated rings. The van der Waals surface area contributed by atoms with E-state index < -0.39 is 32.2 Å². The van der Waals surface area contributed by atoms with Gasteiger partial charge in [-0.2, -0.15) is 5.10 Å². The minimum Gasteiger partial charge on any atom is -0.461 e. The lowest BCUT2D eigenvalue weighted by molar-refractivity contribution is -0.384. The number of fused-ring (bicyclic) bond motifs is 1. The van der Waals surface area contributed by atoms with Crippen molar-refractivity contribution in [2.45, 2.75) is 17.6 Å². The second kappa shape index (κ2) is 8.83. The van der Waals surface area contributed by atoms with Gasteiger partial charge in [-0.3, -0.25) is 10.1 Å². The number of aromatic nitrogens is 2. The summed E-state index contributed by atoms with van der Waals surface area (Å²) in [6.45, 7) is 1.67. The predicted molar refractivity (Wildman–Crippen MR) is 121 cm³/mol. The van der Waals surface area contributed by atoms with Crippen LogP contribution in [0.3, 0.4) is 0 Å². The number of carbonyl (C=O) groups excluding carboxylic acids is 1. The molecular weight excluding hydrogens is 446 g/mol. The molecule has 1 aromatic heterocycles. The Kier molecular flexibility index (Phi) is 5.93. The summed E-state index contributed by atoms with van der Waals surface area (Å²) in [5, 5.41) is 16.0. The topological polar surface area (TPSA) is 121 Å². The van der Waals surface area contributed by atoms with Gasteiger partial charge in [-0.25, -0.2) is 17.9 Å². The average molecular weight is 465 g/mol. The zero-order chi connectivity index (χ0) is 23.6. The quantitative estimate of drug-likeness (QED) is 0.229. The highest BCUT2D eigenvalue weighted by Crippen LogP contribution is 2.34. The Balaban J connectivity index is 2.06. The van der Waals surface area contributed by atoms with E-state index in [1.165, 1.54) is 10.7 Å². The van der Waals surface area contributed by atoms with Crippen molar-refractivity contribution in [2.75, 3.05) is 6.61 Å². The molecule has 3 aromatic carbocycles. The maximum atomic E-state index is 13.5. The van der Waals surface area contributed by atoms with Gasteiger partial charge in [0.1, 0.15) is 0 Å². The van der Waals surface area contributed by atoms with E-state index in [1.807, 2.05) is 0 Å². The molecule has 0 aliphatic rings. The minimum atomic E-state index is -4.10. The molecule has 0 radical (unpaired) electrons. The maximum Gasteiger partial charge on any atom is 0.359 e. The third-order valence-corrected chi connectivity index (χ3v) is 6.65. The molecule has 0 aliphatic heterocycles. The molecule has 33 heavy (non-hydrogen) atoms. The van der Waals surface area contributed by atoms with E-state index >= 15 is 0 Å². The molecule has 1 heterocycles. The maximum absolute atomic E-state index is 13.5. The summed E-state index contributed by atoms with van der Waals surface area (Å²) in [4.78, 5) is 23.4. The van der Waals surface area contributed by atoms with Gasteiger partial charge in [0.15, 0.2) is 15.5 Å². The standard InChI is InChI=1S/C23H19N3O6S/c1-2-32-23(27)22-21-19(25(24-22)17-11-7-4-8-12-17)13-18(26(28)29)14-20(21)33(30,31)15-16-9-5-3-6-10-16/h3-14H,2,15H2,1H3. The molecule has 4 aromatic rings. The summed E-state index contributed by atoms with van der Waals surface area (Å²) in [7, 11) is -4.10. The number of esters is 1. The second-order valence-corrected chi connectivity index (χ2v) is 9.11. The van der Waals surface area contributed by atoms with Crippen molar-refractivity contribution in [3.05, 3.63) is 94.2 Å². The summed E-state index contributed by atoms with van der Waals surface area (Å²) in [5.74, 6) is -1.22. The minimum absolute atomic E-state index is 0.0150. The van der Waals surface area contributed by atoms with Crippen LogP contribution in [0.25, 0.3) is 16.6 Å². The number of nitrogens with zero attached hydrogens (tertiary/aromatic N) is 3. The highest BCUT2D eigenvalue weighted by atomic mass is 32.2. The zero-order valence-electron chi connectivity index (χ0n) is 17.5. The summed E-state index contributed by atoms with van der Waals surface area (Å²) < 4.78 is 33.3. The van der Waals surface area contributed by atoms with Crippen LogP contribution in [0.2, 0.25) is 0 Å². The van der Waals surface area contributed by atoms with Crippen molar-refractivity contribution >= 4 is 32.4 Å². The van der Waals surface area contributed by atoms with Crippen molar-refractivity contribution in [1.82, 2.24) is 9.78 Å². The number of sulfone groups is 1. The molecule has 9 nitrogen and oxygen atoms in total. The SMILES string of the molecule is CCOC(=O)c1nn(-c2ccccc2)c2cc([N+](=O)[O-])cc(S(=O)(=O)Cc3ccccc3)c12. The smallest absolute Gasteiger partial charge is 0.359 e. The molecule has 0 atom stereocenters. The van der Waals surface area contributed by atoms with Gasteiger partial charge in [0.25, 0.3) is 5.69 Å². The lowest BCUT2D eigenvalue weighted by atomic mass is 10.2. The molecule has 168 valence electrons. The number of hydrogen-bond acceptors (Lipinski definition) is 7. The number of benzene rings is 3. The predicted octanol–water partition coefficient (Wildman–Crippen LogP) is 4.08. The van der Waals surface area contributed by atoms with Crippen LogP contribution in [0.5, 0.6) is 0 Å². The van der Waals surface area contributed by atoms with E-state index in [0.717, 1.165) is 6.07 Å². The number of carbonyl (C=O) groups is 1. The van der Waals surface area contributed by atoms with Crippen LogP contribution in [-0.4, -0.2) is 35.7 Å². The molecule has 10 heteroatoms. The third-order valence-electron chi connectivity index (χ3n) is 4.95. The highest BCUT2D eigenvalue weighted by molar-refractivity contribution is 7.90. The average Bonchev–Trinajstić information content (AvgIpc) is 3.19. The summed E-state index contributed by atoms with van der Waals surface area (Å²) in [6.07, 6.45) is 0. The summed E-state index contributed by atoms with van der Waals surface area (Å²) in [5.41, 5.74) is 0.471. The van der Waals surface area contributed by atoms with E-state index in [2.05, 4.69) is 5.10 Å². The summed E-state index contributed by atoms with van der Waals surface area (Å²) >= 11 is 0. The monoisotopic (exact) mass is 465 g/mol. The van der Waals surface area contributed by atoms with Gasteiger partial charge in [0.2, 0.25) is 0 Å². The first-order valence-electron chi connectivity index (χ1n) is 10.0. The van der Waals surface area contributed by atoms with Crippen molar-refractivity contribution in [2.24, 2.45) is 0 Å². The van der Waals surface area contributed by atoms with Gasteiger partial charge >= 0.3 is 5.97 Å². The van der Waals surface area contributed by atoms with Crippen molar-refractivity contribution in [3.8, 4) is 5.69 Å². The summed E-state index contributed by atoms with van der Waals surface area (Å²) in [6, 6.07) is 19.3. The van der Waals surface area contributed by atoms with Crippen molar-refractivity contribution < 1.29 is 22.9 Å². The fourth-order valence-corrected chi connectivity index (χ4v) is 5.13. The van der Waals surface area contributed by atoms with Crippen LogP contribution in [-0.2, 0) is 20.3 Å². The second-order valence-electron chi connectivity index (χ2n) is 7.16. The molecule has 0 spiro atoms. The molecule has 0 bridgehead atoms. The van der Waals surface area contributed by atoms with Gasteiger partial charge < -0.3 is 4.74 Å². The van der Waals surface area contributed by atoms with Crippen LogP contribution in [0.15, 0.2) is 77.7 Å². The van der Waals surface area contributed by atoms with E-state index in [1.54, 1.807) is 67.6 Å². The van der Waals surface area contributed by atoms with E-state index in [0.29, 0.717) is 11.3 Å². The van der Waals surface area contributed by atoms with Crippen LogP contribution in [0.4, 0.5) is 5.69 Å². The lowest BCUT2D eigenvalue weighted by Crippen LogP contribution is -2.10. The zero-order valence-corrected chi connectivity index (χ0v) is 18.4. The Morgan fingerprint density at radius 1 is 1.06 bits per heavy atom. The fraction of sp³-hybridized carbons (Fsp3) is 0.130. The first kappa shape index (κ1) is 22.2. The van der Waals surface area contributed by atoms with Crippen molar-refractivity contribution in [3.63, 3.8) is 0 Å². The number of hydrogen-bond donors (Lipinski definition) is 0. The molecular formula is C23H19N3O6S. The lowest BCUT2D eigenvalue weighted by Gasteiger charge is -2.08. The number of nitro benzene ring substituents is 1. The number of para-hydroxylation sites is 1. The molecule has 0 amide bonds. The molecule has 4 rings (SSSR count). The molecule has 0 saturated heterocycles. The van der Waals surface area contributed by atoms with Gasteiger partial charge in [0.05, 0.1) is 38.8 Å². The Morgan fingerprint density at radius 3 is 2.30 bits per heavy atom. The normalized spacial score (nSPS) is 11.4. The third kappa shape index (κ3) is 4.33. The van der Waals surface area contributed by atoms with Gasteiger partial charge in [-0.1, -0.05) is 48.5 Å². The molecule has 0 unspecified atom stereocenters.